The van der Waals surface area contributed by atoms with Gasteiger partial charge in [-0.05, 0) is 75.2 Å². The molecule has 0 aromatic rings. The lowest BCUT2D eigenvalue weighted by atomic mass is 9.71. The molecule has 0 amide bonds. The minimum absolute atomic E-state index is 0.506. The molecule has 2 atom stereocenters. The van der Waals surface area contributed by atoms with Crippen molar-refractivity contribution in [2.24, 2.45) is 17.8 Å². The van der Waals surface area contributed by atoms with Crippen LogP contribution in [-0.2, 0) is 4.74 Å². The Bertz CT molecular complexity index is 275. The number of hydrogen-bond acceptors (Lipinski definition) is 1. The molecule has 0 aromatic heterocycles. The molecule has 0 radical (unpaired) electrons. The monoisotopic (exact) mass is 278 g/mol. The van der Waals surface area contributed by atoms with Gasteiger partial charge in [0.25, 0.3) is 0 Å². The van der Waals surface area contributed by atoms with E-state index in [1.807, 2.05) is 6.26 Å². The number of ether oxygens (including phenoxy) is 1. The van der Waals surface area contributed by atoms with Crippen LogP contribution < -0.4 is 0 Å². The highest BCUT2D eigenvalue weighted by molar-refractivity contribution is 4.84. The third-order valence-electron chi connectivity index (χ3n) is 5.49. The van der Waals surface area contributed by atoms with Crippen LogP contribution in [0.3, 0.4) is 0 Å². The average molecular weight is 278 g/mol. The summed E-state index contributed by atoms with van der Waals surface area (Å²) in [5.41, 5.74) is 0. The lowest BCUT2D eigenvalue weighted by Gasteiger charge is -2.37. The fraction of sp³-hybridized carbons (Fsp3) is 0.895. The maximum Gasteiger partial charge on any atom is 0.0981 e. The standard InChI is InChI=1S/C19H34O/c1-3-4-5-6-14-20-19-9-7-8-18(15-19)17-12-10-16(2)11-13-17/h6,14,16-19H,3-5,7-13,15H2,1-2H3/b14-6+. The van der Waals surface area contributed by atoms with Crippen LogP contribution in [0, 0.1) is 17.8 Å². The molecule has 2 unspecified atom stereocenters. The molecule has 0 bridgehead atoms. The van der Waals surface area contributed by atoms with Crippen molar-refractivity contribution in [2.75, 3.05) is 0 Å². The van der Waals surface area contributed by atoms with Crippen LogP contribution in [0.1, 0.15) is 84.5 Å². The Balaban J connectivity index is 1.70. The van der Waals surface area contributed by atoms with Gasteiger partial charge >= 0.3 is 0 Å². The molecule has 20 heavy (non-hydrogen) atoms. The van der Waals surface area contributed by atoms with Crippen molar-refractivity contribution < 1.29 is 4.74 Å². The third-order valence-corrected chi connectivity index (χ3v) is 5.49. The van der Waals surface area contributed by atoms with E-state index in [2.05, 4.69) is 19.9 Å². The highest BCUT2D eigenvalue weighted by atomic mass is 16.5. The number of hydrogen-bond donors (Lipinski definition) is 0. The van der Waals surface area contributed by atoms with Gasteiger partial charge in [0.2, 0.25) is 0 Å². The molecule has 2 aliphatic carbocycles. The maximum absolute atomic E-state index is 5.99. The first-order valence-electron chi connectivity index (χ1n) is 9.10. The van der Waals surface area contributed by atoms with Gasteiger partial charge in [0.15, 0.2) is 0 Å². The van der Waals surface area contributed by atoms with E-state index in [0.29, 0.717) is 6.10 Å². The van der Waals surface area contributed by atoms with E-state index >= 15 is 0 Å². The van der Waals surface area contributed by atoms with Crippen LogP contribution in [0.5, 0.6) is 0 Å². The molecule has 2 rings (SSSR count). The summed E-state index contributed by atoms with van der Waals surface area (Å²) < 4.78 is 5.99. The highest BCUT2D eigenvalue weighted by Crippen LogP contribution is 2.40. The smallest absolute Gasteiger partial charge is 0.0981 e. The van der Waals surface area contributed by atoms with Crippen LogP contribution >= 0.6 is 0 Å². The molecule has 2 saturated carbocycles. The van der Waals surface area contributed by atoms with Gasteiger partial charge < -0.3 is 4.74 Å². The molecule has 0 heterocycles. The summed E-state index contributed by atoms with van der Waals surface area (Å²) >= 11 is 0. The van der Waals surface area contributed by atoms with Gasteiger partial charge in [-0.15, -0.1) is 0 Å². The molecular weight excluding hydrogens is 244 g/mol. The largest absolute Gasteiger partial charge is 0.498 e. The molecule has 1 nitrogen and oxygen atoms in total. The Morgan fingerprint density at radius 2 is 1.80 bits per heavy atom. The minimum atomic E-state index is 0.506. The molecule has 0 spiro atoms. The summed E-state index contributed by atoms with van der Waals surface area (Å²) in [7, 11) is 0. The number of allylic oxidation sites excluding steroid dienone is 1. The van der Waals surface area contributed by atoms with Gasteiger partial charge in [-0.3, -0.25) is 0 Å². The Hall–Kier alpha value is -0.460. The lowest BCUT2D eigenvalue weighted by Crippen LogP contribution is -2.29. The minimum Gasteiger partial charge on any atom is -0.498 e. The lowest BCUT2D eigenvalue weighted by molar-refractivity contribution is 0.0523. The second-order valence-corrected chi connectivity index (χ2v) is 7.22. The molecule has 2 aliphatic rings. The van der Waals surface area contributed by atoms with E-state index in [9.17, 15) is 0 Å². The zero-order valence-corrected chi connectivity index (χ0v) is 13.7. The molecule has 2 fully saturated rings. The normalized spacial score (nSPS) is 35.3. The van der Waals surface area contributed by atoms with Crippen molar-refractivity contribution in [2.45, 2.75) is 90.6 Å². The molecule has 0 aliphatic heterocycles. The number of rotatable bonds is 6. The van der Waals surface area contributed by atoms with Crippen molar-refractivity contribution in [1.29, 1.82) is 0 Å². The molecule has 0 saturated heterocycles. The first kappa shape index (κ1) is 15.9. The average Bonchev–Trinajstić information content (AvgIpc) is 2.48. The summed E-state index contributed by atoms with van der Waals surface area (Å²) in [6.45, 7) is 4.66. The fourth-order valence-electron chi connectivity index (χ4n) is 4.05. The zero-order valence-electron chi connectivity index (χ0n) is 13.7. The van der Waals surface area contributed by atoms with E-state index in [1.165, 1.54) is 70.6 Å². The van der Waals surface area contributed by atoms with E-state index < -0.39 is 0 Å². The van der Waals surface area contributed by atoms with Crippen molar-refractivity contribution in [1.82, 2.24) is 0 Å². The van der Waals surface area contributed by atoms with Crippen molar-refractivity contribution in [3.63, 3.8) is 0 Å². The van der Waals surface area contributed by atoms with Gasteiger partial charge in [0, 0.05) is 0 Å². The quantitative estimate of drug-likeness (QED) is 0.422. The molecule has 0 aromatic carbocycles. The van der Waals surface area contributed by atoms with E-state index in [4.69, 9.17) is 4.74 Å². The second kappa shape index (κ2) is 8.74. The van der Waals surface area contributed by atoms with Crippen LogP contribution in [0.25, 0.3) is 0 Å². The van der Waals surface area contributed by atoms with Crippen LogP contribution in [0.15, 0.2) is 12.3 Å². The first-order chi connectivity index (χ1) is 9.79. The summed E-state index contributed by atoms with van der Waals surface area (Å²) in [6.07, 6.45) is 19.8. The van der Waals surface area contributed by atoms with Crippen molar-refractivity contribution >= 4 is 0 Å². The SMILES string of the molecule is CCCC/C=C/OC1CCCC(C2CCC(C)CC2)C1. The predicted octanol–water partition coefficient (Wildman–Crippen LogP) is 6.09. The van der Waals surface area contributed by atoms with E-state index in [0.717, 1.165) is 17.8 Å². The molecule has 116 valence electrons. The molecular formula is C19H34O. The fourth-order valence-corrected chi connectivity index (χ4v) is 4.05. The third kappa shape index (κ3) is 5.14. The van der Waals surface area contributed by atoms with Crippen molar-refractivity contribution in [3.05, 3.63) is 12.3 Å². The summed E-state index contributed by atoms with van der Waals surface area (Å²) in [5.74, 6) is 2.93. The Morgan fingerprint density at radius 1 is 1.00 bits per heavy atom. The Labute approximate surface area is 126 Å². The molecule has 1 heteroatoms. The van der Waals surface area contributed by atoms with Gasteiger partial charge in [-0.1, -0.05) is 33.1 Å². The number of unbranched alkanes of at least 4 members (excludes halogenated alkanes) is 2. The van der Waals surface area contributed by atoms with E-state index in [-0.39, 0.29) is 0 Å². The zero-order chi connectivity index (χ0) is 14.2. The maximum atomic E-state index is 5.99. The summed E-state index contributed by atoms with van der Waals surface area (Å²) in [4.78, 5) is 0. The van der Waals surface area contributed by atoms with Crippen LogP contribution in [0.2, 0.25) is 0 Å². The van der Waals surface area contributed by atoms with Gasteiger partial charge in [-0.25, -0.2) is 0 Å². The summed E-state index contributed by atoms with van der Waals surface area (Å²) in [5, 5.41) is 0. The van der Waals surface area contributed by atoms with Crippen LogP contribution in [0.4, 0.5) is 0 Å². The van der Waals surface area contributed by atoms with Gasteiger partial charge in [-0.2, -0.15) is 0 Å². The first-order valence-corrected chi connectivity index (χ1v) is 9.10. The topological polar surface area (TPSA) is 9.23 Å². The van der Waals surface area contributed by atoms with Gasteiger partial charge in [0.05, 0.1) is 12.4 Å². The Morgan fingerprint density at radius 3 is 2.55 bits per heavy atom. The van der Waals surface area contributed by atoms with Crippen LogP contribution in [-0.4, -0.2) is 6.10 Å². The van der Waals surface area contributed by atoms with Gasteiger partial charge in [0.1, 0.15) is 0 Å². The second-order valence-electron chi connectivity index (χ2n) is 7.22. The van der Waals surface area contributed by atoms with Crippen molar-refractivity contribution in [3.8, 4) is 0 Å². The highest BCUT2D eigenvalue weighted by Gasteiger charge is 2.30. The molecule has 0 N–H and O–H groups in total. The summed E-state index contributed by atoms with van der Waals surface area (Å²) in [6, 6.07) is 0. The predicted molar refractivity (Wildman–Crippen MR) is 86.6 cm³/mol. The van der Waals surface area contributed by atoms with E-state index in [1.54, 1.807) is 0 Å². The Kier molecular flexibility index (Phi) is 6.96.